The van der Waals surface area contributed by atoms with Crippen LogP contribution in [0.3, 0.4) is 0 Å². The van der Waals surface area contributed by atoms with Crippen molar-refractivity contribution in [3.05, 3.63) is 44.8 Å². The minimum Gasteiger partial charge on any atom is -0.480 e. The molecule has 0 bridgehead atoms. The van der Waals surface area contributed by atoms with Crippen molar-refractivity contribution in [3.63, 3.8) is 0 Å². The number of carbonyl (C=O) groups is 2. The zero-order chi connectivity index (χ0) is 16.5. The van der Waals surface area contributed by atoms with Crippen LogP contribution in [-0.2, 0) is 22.4 Å². The molecule has 0 saturated carbocycles. The molecular formula is C14H18N2O4S2. The second-order valence-corrected chi connectivity index (χ2v) is 6.32. The van der Waals surface area contributed by atoms with Crippen LogP contribution in [0.25, 0.3) is 0 Å². The lowest BCUT2D eigenvalue weighted by Gasteiger charge is -2.02. The van der Waals surface area contributed by atoms with Crippen molar-refractivity contribution in [2.75, 3.05) is 0 Å². The fourth-order valence-electron chi connectivity index (χ4n) is 1.48. The third-order valence-electron chi connectivity index (χ3n) is 2.67. The van der Waals surface area contributed by atoms with E-state index < -0.39 is 24.0 Å². The molecule has 22 heavy (non-hydrogen) atoms. The number of thiophene rings is 2. The van der Waals surface area contributed by atoms with E-state index >= 15 is 0 Å². The summed E-state index contributed by atoms with van der Waals surface area (Å²) in [4.78, 5) is 21.6. The van der Waals surface area contributed by atoms with Crippen molar-refractivity contribution in [1.29, 1.82) is 0 Å². The summed E-state index contributed by atoms with van der Waals surface area (Å²) >= 11 is 3.07. The van der Waals surface area contributed by atoms with Crippen molar-refractivity contribution in [3.8, 4) is 0 Å². The Morgan fingerprint density at radius 3 is 2.14 bits per heavy atom. The Kier molecular flexibility index (Phi) is 7.75. The molecule has 2 heterocycles. The van der Waals surface area contributed by atoms with Crippen LogP contribution in [0.15, 0.2) is 34.3 Å². The maximum Gasteiger partial charge on any atom is 0.320 e. The quantitative estimate of drug-likeness (QED) is 0.628. The summed E-state index contributed by atoms with van der Waals surface area (Å²) in [6.07, 6.45) is 0.839. The van der Waals surface area contributed by atoms with E-state index in [0.717, 1.165) is 10.4 Å². The smallest absolute Gasteiger partial charge is 0.320 e. The van der Waals surface area contributed by atoms with Crippen LogP contribution in [0.4, 0.5) is 0 Å². The minimum atomic E-state index is -0.948. The van der Waals surface area contributed by atoms with Crippen LogP contribution in [0, 0.1) is 0 Å². The highest BCUT2D eigenvalue weighted by Crippen LogP contribution is 2.10. The molecule has 0 spiro atoms. The fraction of sp³-hybridized carbons (Fsp3) is 0.286. The van der Waals surface area contributed by atoms with Crippen molar-refractivity contribution < 1.29 is 19.8 Å². The number of carboxylic acids is 2. The molecule has 2 atom stereocenters. The molecule has 0 amide bonds. The molecule has 0 aliphatic heterocycles. The Morgan fingerprint density at radius 1 is 1.05 bits per heavy atom. The first kappa shape index (κ1) is 18.3. The molecule has 0 aliphatic carbocycles. The Morgan fingerprint density at radius 2 is 1.68 bits per heavy atom. The number of carboxylic acid groups (broad SMARTS) is 2. The van der Waals surface area contributed by atoms with Gasteiger partial charge in [-0.25, -0.2) is 0 Å². The Labute approximate surface area is 136 Å². The third kappa shape index (κ3) is 6.81. The van der Waals surface area contributed by atoms with E-state index in [1.807, 2.05) is 34.3 Å². The highest BCUT2D eigenvalue weighted by atomic mass is 32.1. The van der Waals surface area contributed by atoms with Crippen molar-refractivity contribution in [2.24, 2.45) is 11.5 Å². The lowest BCUT2D eigenvalue weighted by Crippen LogP contribution is -2.31. The summed E-state index contributed by atoms with van der Waals surface area (Å²) in [6, 6.07) is 4.11. The van der Waals surface area contributed by atoms with Gasteiger partial charge in [0, 0.05) is 11.3 Å². The van der Waals surface area contributed by atoms with Gasteiger partial charge in [0.05, 0.1) is 0 Å². The van der Waals surface area contributed by atoms with Gasteiger partial charge in [0.1, 0.15) is 12.1 Å². The number of nitrogens with two attached hydrogens (primary N) is 2. The van der Waals surface area contributed by atoms with Gasteiger partial charge in [0.15, 0.2) is 0 Å². The van der Waals surface area contributed by atoms with Gasteiger partial charge in [-0.2, -0.15) is 11.3 Å². The molecule has 0 radical (unpaired) electrons. The molecule has 2 unspecified atom stereocenters. The molecule has 2 aromatic heterocycles. The summed E-state index contributed by atoms with van der Waals surface area (Å²) in [5.41, 5.74) is 11.6. The van der Waals surface area contributed by atoms with Gasteiger partial charge in [-0.05, 0) is 40.3 Å². The van der Waals surface area contributed by atoms with E-state index in [1.165, 1.54) is 11.3 Å². The van der Waals surface area contributed by atoms with Crippen LogP contribution in [-0.4, -0.2) is 34.2 Å². The van der Waals surface area contributed by atoms with E-state index in [2.05, 4.69) is 0 Å². The van der Waals surface area contributed by atoms with E-state index in [9.17, 15) is 9.59 Å². The largest absolute Gasteiger partial charge is 0.480 e. The molecule has 0 saturated heterocycles. The summed E-state index contributed by atoms with van der Waals surface area (Å²) in [5.74, 6) is -1.89. The fourth-order valence-corrected chi connectivity index (χ4v) is 2.93. The van der Waals surface area contributed by atoms with Crippen LogP contribution in [0.1, 0.15) is 10.4 Å². The lowest BCUT2D eigenvalue weighted by atomic mass is 10.1. The normalized spacial score (nSPS) is 12.8. The number of hydrogen-bond donors (Lipinski definition) is 4. The molecule has 0 fully saturated rings. The monoisotopic (exact) mass is 342 g/mol. The average Bonchev–Trinajstić information content (AvgIpc) is 3.12. The second-order valence-electron chi connectivity index (χ2n) is 4.51. The molecule has 2 rings (SSSR count). The Bertz CT molecular complexity index is 517. The molecule has 6 nitrogen and oxygen atoms in total. The third-order valence-corrected chi connectivity index (χ3v) is 4.30. The van der Waals surface area contributed by atoms with Gasteiger partial charge in [-0.1, -0.05) is 6.07 Å². The predicted molar refractivity (Wildman–Crippen MR) is 87.3 cm³/mol. The van der Waals surface area contributed by atoms with Crippen LogP contribution in [0.2, 0.25) is 0 Å². The maximum atomic E-state index is 10.3. The number of aliphatic carboxylic acids is 2. The van der Waals surface area contributed by atoms with Gasteiger partial charge in [-0.3, -0.25) is 9.59 Å². The Hall–Kier alpha value is -1.74. The summed E-state index contributed by atoms with van der Waals surface area (Å²) in [5, 5.41) is 22.6. The summed E-state index contributed by atoms with van der Waals surface area (Å²) in [6.45, 7) is 0. The van der Waals surface area contributed by atoms with Crippen LogP contribution in [0.5, 0.6) is 0 Å². The molecule has 2 aromatic rings. The molecular weight excluding hydrogens is 324 g/mol. The van der Waals surface area contributed by atoms with Crippen molar-refractivity contribution in [1.82, 2.24) is 0 Å². The summed E-state index contributed by atoms with van der Waals surface area (Å²) < 4.78 is 0. The molecule has 6 N–H and O–H groups in total. The van der Waals surface area contributed by atoms with E-state index in [0.29, 0.717) is 12.8 Å². The molecule has 120 valence electrons. The molecule has 0 aromatic carbocycles. The first-order chi connectivity index (χ1) is 10.4. The second kappa shape index (κ2) is 9.31. The zero-order valence-corrected chi connectivity index (χ0v) is 13.3. The van der Waals surface area contributed by atoms with Crippen LogP contribution >= 0.6 is 22.7 Å². The SMILES string of the molecule is NC(Cc1cccs1)C(=O)O.NC(Cc1ccsc1)C(=O)O. The summed E-state index contributed by atoms with van der Waals surface area (Å²) in [7, 11) is 0. The number of rotatable bonds is 6. The van der Waals surface area contributed by atoms with Gasteiger partial charge in [-0.15, -0.1) is 11.3 Å². The first-order valence-electron chi connectivity index (χ1n) is 6.40. The predicted octanol–water partition coefficient (Wildman–Crippen LogP) is 1.40. The first-order valence-corrected chi connectivity index (χ1v) is 8.22. The van der Waals surface area contributed by atoms with E-state index in [-0.39, 0.29) is 0 Å². The Balaban J connectivity index is 0.000000220. The average molecular weight is 342 g/mol. The lowest BCUT2D eigenvalue weighted by molar-refractivity contribution is -0.139. The van der Waals surface area contributed by atoms with Gasteiger partial charge in [0.2, 0.25) is 0 Å². The highest BCUT2D eigenvalue weighted by molar-refractivity contribution is 7.09. The van der Waals surface area contributed by atoms with E-state index in [1.54, 1.807) is 11.3 Å². The zero-order valence-electron chi connectivity index (χ0n) is 11.7. The van der Waals surface area contributed by atoms with Crippen molar-refractivity contribution >= 4 is 34.6 Å². The standard InChI is InChI=1S/2C7H9NO2S/c8-6(7(9)10)3-5-1-2-11-4-5;8-6(7(9)10)4-5-2-1-3-11-5/h1-2,4,6H,3,8H2,(H,9,10);1-3,6H,4,8H2,(H,9,10). The molecule has 8 heteroatoms. The van der Waals surface area contributed by atoms with Crippen LogP contribution < -0.4 is 11.5 Å². The van der Waals surface area contributed by atoms with Gasteiger partial charge >= 0.3 is 11.9 Å². The highest BCUT2D eigenvalue weighted by Gasteiger charge is 2.12. The number of hydrogen-bond acceptors (Lipinski definition) is 6. The minimum absolute atomic E-state index is 0.416. The van der Waals surface area contributed by atoms with Crippen molar-refractivity contribution in [2.45, 2.75) is 24.9 Å². The van der Waals surface area contributed by atoms with E-state index in [4.69, 9.17) is 21.7 Å². The maximum absolute atomic E-state index is 10.3. The topological polar surface area (TPSA) is 127 Å². The molecule has 0 aliphatic rings. The van der Waals surface area contributed by atoms with Gasteiger partial charge < -0.3 is 21.7 Å². The van der Waals surface area contributed by atoms with Gasteiger partial charge in [0.25, 0.3) is 0 Å².